The van der Waals surface area contributed by atoms with Gasteiger partial charge in [0.1, 0.15) is 10.6 Å². The van der Waals surface area contributed by atoms with E-state index >= 15 is 0 Å². The first-order valence-electron chi connectivity index (χ1n) is 11.0. The molecule has 1 aliphatic rings. The van der Waals surface area contributed by atoms with Gasteiger partial charge in [-0.2, -0.15) is 0 Å². The summed E-state index contributed by atoms with van der Waals surface area (Å²) in [5, 5.41) is 3.01. The standard InChI is InChI=1S/C25H29ClN2O3S2/c1-16-11-17(2)22(18(3)12-16)14-20-15-32-25(27-20)28-9-7-21(8-10-28)33(29,30)24-13-19(26)5-6-23(24)31-4/h5-6,11-13,15,21H,7-10,14H2,1-4H3. The fourth-order valence-corrected chi connectivity index (χ4v) is 7.63. The average molecular weight is 505 g/mol. The molecule has 2 aromatic carbocycles. The Bertz CT molecular complexity index is 1240. The van der Waals surface area contributed by atoms with Crippen LogP contribution in [-0.4, -0.2) is 38.9 Å². The molecule has 1 aromatic heterocycles. The van der Waals surface area contributed by atoms with E-state index in [4.69, 9.17) is 21.3 Å². The highest BCUT2D eigenvalue weighted by Crippen LogP contribution is 2.34. The van der Waals surface area contributed by atoms with Crippen LogP contribution in [0.3, 0.4) is 0 Å². The number of benzene rings is 2. The van der Waals surface area contributed by atoms with Gasteiger partial charge >= 0.3 is 0 Å². The van der Waals surface area contributed by atoms with Gasteiger partial charge in [-0.3, -0.25) is 0 Å². The third-order valence-corrected chi connectivity index (χ3v) is 9.79. The number of hydrogen-bond donors (Lipinski definition) is 0. The van der Waals surface area contributed by atoms with E-state index < -0.39 is 15.1 Å². The largest absolute Gasteiger partial charge is 0.495 e. The Morgan fingerprint density at radius 1 is 1.12 bits per heavy atom. The van der Waals surface area contributed by atoms with E-state index in [0.29, 0.717) is 36.7 Å². The minimum atomic E-state index is -3.53. The first kappa shape index (κ1) is 24.0. The molecule has 0 amide bonds. The number of nitrogens with zero attached hydrogens (tertiary/aromatic N) is 2. The lowest BCUT2D eigenvalue weighted by molar-refractivity contribution is 0.402. The Balaban J connectivity index is 1.45. The quantitative estimate of drug-likeness (QED) is 0.427. The van der Waals surface area contributed by atoms with Gasteiger partial charge in [-0.25, -0.2) is 13.4 Å². The lowest BCUT2D eigenvalue weighted by Gasteiger charge is -2.31. The van der Waals surface area contributed by atoms with Crippen molar-refractivity contribution in [2.45, 2.75) is 50.2 Å². The first-order chi connectivity index (χ1) is 15.7. The van der Waals surface area contributed by atoms with Gasteiger partial charge in [0.2, 0.25) is 0 Å². The van der Waals surface area contributed by atoms with E-state index in [-0.39, 0.29) is 4.90 Å². The molecule has 0 spiro atoms. The normalized spacial score (nSPS) is 15.1. The highest BCUT2D eigenvalue weighted by atomic mass is 35.5. The number of ether oxygens (including phenoxy) is 1. The van der Waals surface area contributed by atoms with Crippen molar-refractivity contribution in [1.29, 1.82) is 0 Å². The number of hydrogen-bond acceptors (Lipinski definition) is 6. The van der Waals surface area contributed by atoms with Crippen molar-refractivity contribution in [3.63, 3.8) is 0 Å². The molecule has 5 nitrogen and oxygen atoms in total. The van der Waals surface area contributed by atoms with Gasteiger partial charge in [0, 0.05) is 29.9 Å². The van der Waals surface area contributed by atoms with Gasteiger partial charge in [0.15, 0.2) is 15.0 Å². The number of aryl methyl sites for hydroxylation is 3. The molecule has 4 rings (SSSR count). The number of halogens is 1. The second kappa shape index (κ2) is 9.65. The van der Waals surface area contributed by atoms with Crippen molar-refractivity contribution in [1.82, 2.24) is 4.98 Å². The summed E-state index contributed by atoms with van der Waals surface area (Å²) in [5.74, 6) is 0.341. The van der Waals surface area contributed by atoms with Crippen LogP contribution in [0.5, 0.6) is 5.75 Å². The molecule has 176 valence electrons. The molecular weight excluding hydrogens is 476 g/mol. The van der Waals surface area contributed by atoms with Crippen molar-refractivity contribution in [2.75, 3.05) is 25.1 Å². The molecule has 0 atom stereocenters. The second-order valence-electron chi connectivity index (χ2n) is 8.70. The van der Waals surface area contributed by atoms with Crippen LogP contribution in [-0.2, 0) is 16.3 Å². The lowest BCUT2D eigenvalue weighted by Crippen LogP contribution is -2.39. The summed E-state index contributed by atoms with van der Waals surface area (Å²) in [6.45, 7) is 7.74. The van der Waals surface area contributed by atoms with Crippen LogP contribution >= 0.6 is 22.9 Å². The fraction of sp³-hybridized carbons (Fsp3) is 0.400. The third kappa shape index (κ3) is 5.05. The van der Waals surface area contributed by atoms with Crippen LogP contribution in [0.25, 0.3) is 0 Å². The van der Waals surface area contributed by atoms with E-state index in [9.17, 15) is 8.42 Å². The maximum Gasteiger partial charge on any atom is 0.185 e. The molecular formula is C25H29ClN2O3S2. The number of piperidine rings is 1. The monoisotopic (exact) mass is 504 g/mol. The Hall–Kier alpha value is -2.09. The smallest absolute Gasteiger partial charge is 0.185 e. The summed E-state index contributed by atoms with van der Waals surface area (Å²) in [6, 6.07) is 9.18. The molecule has 0 unspecified atom stereocenters. The van der Waals surface area contributed by atoms with Gasteiger partial charge in [-0.15, -0.1) is 11.3 Å². The molecule has 1 aliphatic heterocycles. The zero-order valence-electron chi connectivity index (χ0n) is 19.4. The van der Waals surface area contributed by atoms with Crippen molar-refractivity contribution in [2.24, 2.45) is 0 Å². The van der Waals surface area contributed by atoms with Gasteiger partial charge < -0.3 is 9.64 Å². The predicted molar refractivity (Wildman–Crippen MR) is 136 cm³/mol. The molecule has 1 fully saturated rings. The van der Waals surface area contributed by atoms with Crippen LogP contribution in [0, 0.1) is 20.8 Å². The number of aromatic nitrogens is 1. The molecule has 0 radical (unpaired) electrons. The van der Waals surface area contributed by atoms with Crippen LogP contribution in [0.2, 0.25) is 5.02 Å². The molecule has 1 saturated heterocycles. The zero-order chi connectivity index (χ0) is 23.8. The summed E-state index contributed by atoms with van der Waals surface area (Å²) in [5.41, 5.74) is 6.26. The number of methoxy groups -OCH3 is 1. The second-order valence-corrected chi connectivity index (χ2v) is 12.2. The van der Waals surface area contributed by atoms with E-state index in [1.807, 2.05) is 0 Å². The van der Waals surface area contributed by atoms with Crippen LogP contribution in [0.1, 0.15) is 40.8 Å². The maximum absolute atomic E-state index is 13.3. The Morgan fingerprint density at radius 3 is 2.42 bits per heavy atom. The van der Waals surface area contributed by atoms with E-state index in [1.165, 1.54) is 35.4 Å². The molecule has 0 N–H and O–H groups in total. The van der Waals surface area contributed by atoms with Crippen molar-refractivity contribution >= 4 is 37.9 Å². The van der Waals surface area contributed by atoms with E-state index in [1.54, 1.807) is 23.5 Å². The minimum Gasteiger partial charge on any atom is -0.495 e. The van der Waals surface area contributed by atoms with E-state index in [0.717, 1.165) is 17.2 Å². The van der Waals surface area contributed by atoms with Gasteiger partial charge in [-0.1, -0.05) is 29.3 Å². The van der Waals surface area contributed by atoms with Crippen LogP contribution < -0.4 is 9.64 Å². The zero-order valence-corrected chi connectivity index (χ0v) is 21.8. The van der Waals surface area contributed by atoms with Gasteiger partial charge in [0.05, 0.1) is 18.1 Å². The summed E-state index contributed by atoms with van der Waals surface area (Å²) in [6.07, 6.45) is 1.90. The van der Waals surface area contributed by atoms with Crippen LogP contribution in [0.15, 0.2) is 40.6 Å². The molecule has 8 heteroatoms. The molecule has 33 heavy (non-hydrogen) atoms. The summed E-state index contributed by atoms with van der Waals surface area (Å²) < 4.78 is 31.9. The van der Waals surface area contributed by atoms with Crippen molar-refractivity contribution in [3.05, 3.63) is 68.7 Å². The first-order valence-corrected chi connectivity index (χ1v) is 13.8. The van der Waals surface area contributed by atoms with Gasteiger partial charge in [-0.05, 0) is 68.5 Å². The predicted octanol–water partition coefficient (Wildman–Crippen LogP) is 5.76. The Morgan fingerprint density at radius 2 is 1.79 bits per heavy atom. The molecule has 2 heterocycles. The summed E-state index contributed by atoms with van der Waals surface area (Å²) >= 11 is 7.71. The highest BCUT2D eigenvalue weighted by Gasteiger charge is 2.34. The topological polar surface area (TPSA) is 59.5 Å². The molecule has 0 saturated carbocycles. The highest BCUT2D eigenvalue weighted by molar-refractivity contribution is 7.92. The molecule has 0 bridgehead atoms. The molecule has 0 aliphatic carbocycles. The van der Waals surface area contributed by atoms with Gasteiger partial charge in [0.25, 0.3) is 0 Å². The van der Waals surface area contributed by atoms with Crippen molar-refractivity contribution in [3.8, 4) is 5.75 Å². The average Bonchev–Trinajstić information content (AvgIpc) is 3.25. The summed E-state index contributed by atoms with van der Waals surface area (Å²) in [7, 11) is -2.06. The fourth-order valence-electron chi connectivity index (χ4n) is 4.60. The van der Waals surface area contributed by atoms with Crippen molar-refractivity contribution < 1.29 is 13.2 Å². The molecule has 3 aromatic rings. The maximum atomic E-state index is 13.3. The lowest BCUT2D eigenvalue weighted by atomic mass is 9.96. The Kier molecular flexibility index (Phi) is 7.03. The minimum absolute atomic E-state index is 0.177. The van der Waals surface area contributed by atoms with Crippen LogP contribution in [0.4, 0.5) is 5.13 Å². The Labute approximate surface area is 205 Å². The number of thiazole rings is 1. The number of sulfone groups is 1. The number of anilines is 1. The summed E-state index contributed by atoms with van der Waals surface area (Å²) in [4.78, 5) is 7.25. The SMILES string of the molecule is COc1ccc(Cl)cc1S(=O)(=O)C1CCN(c2nc(Cc3c(C)cc(C)cc3C)cs2)CC1. The number of rotatable bonds is 6. The third-order valence-electron chi connectivity index (χ3n) is 6.32. The van der Waals surface area contributed by atoms with E-state index in [2.05, 4.69) is 43.2 Å².